The molecule has 112 valence electrons. The number of amides is 2. The zero-order valence-electron chi connectivity index (χ0n) is 12.8. The van der Waals surface area contributed by atoms with Gasteiger partial charge in [0.2, 0.25) is 0 Å². The minimum Gasteiger partial charge on any atom is -0.308 e. The van der Waals surface area contributed by atoms with Gasteiger partial charge in [0.15, 0.2) is 0 Å². The standard InChI is InChI=1S/C16H16BBrN2O2/c1-19(2)7-8-20-15(21)9-3-5-11(17)14-12(18)6-4-10(13(9)14)16(20)22/h3-6H,7-8,17H2,1-2H3. The Labute approximate surface area is 138 Å². The van der Waals surface area contributed by atoms with Crippen LogP contribution >= 0.6 is 15.9 Å². The molecular weight excluding hydrogens is 343 g/mol. The predicted molar refractivity (Wildman–Crippen MR) is 93.7 cm³/mol. The molecule has 0 saturated heterocycles. The highest BCUT2D eigenvalue weighted by Crippen LogP contribution is 2.33. The molecule has 4 nitrogen and oxygen atoms in total. The fraction of sp³-hybridized carbons (Fsp3) is 0.250. The average molecular weight is 359 g/mol. The number of nitrogens with zero attached hydrogens (tertiary/aromatic N) is 2. The molecule has 0 aliphatic carbocycles. The number of halogens is 1. The highest BCUT2D eigenvalue weighted by atomic mass is 79.9. The van der Waals surface area contributed by atoms with Crippen LogP contribution in [0.3, 0.4) is 0 Å². The van der Waals surface area contributed by atoms with Crippen LogP contribution in [0.1, 0.15) is 20.7 Å². The third-order valence-electron chi connectivity index (χ3n) is 4.04. The van der Waals surface area contributed by atoms with Gasteiger partial charge in [-0.1, -0.05) is 27.5 Å². The molecule has 0 fully saturated rings. The Hall–Kier alpha value is -1.66. The normalized spacial score (nSPS) is 14.3. The van der Waals surface area contributed by atoms with E-state index in [0.717, 1.165) is 20.7 Å². The highest BCUT2D eigenvalue weighted by molar-refractivity contribution is 9.10. The maximum Gasteiger partial charge on any atom is 0.261 e. The summed E-state index contributed by atoms with van der Waals surface area (Å²) in [6.45, 7) is 1.05. The summed E-state index contributed by atoms with van der Waals surface area (Å²) in [5.74, 6) is -0.412. The molecular formula is C16H16BBrN2O2. The summed E-state index contributed by atoms with van der Waals surface area (Å²) in [5.41, 5.74) is 2.26. The lowest BCUT2D eigenvalue weighted by Crippen LogP contribution is -2.44. The number of hydrogen-bond acceptors (Lipinski definition) is 3. The Morgan fingerprint density at radius 3 is 2.23 bits per heavy atom. The Morgan fingerprint density at radius 2 is 1.64 bits per heavy atom. The van der Waals surface area contributed by atoms with E-state index in [1.54, 1.807) is 6.07 Å². The Morgan fingerprint density at radius 1 is 1.05 bits per heavy atom. The fourth-order valence-corrected chi connectivity index (χ4v) is 3.50. The second kappa shape index (κ2) is 5.52. The van der Waals surface area contributed by atoms with Gasteiger partial charge >= 0.3 is 0 Å². The minimum absolute atomic E-state index is 0.206. The molecule has 1 heterocycles. The van der Waals surface area contributed by atoms with E-state index in [0.29, 0.717) is 24.2 Å². The fourth-order valence-electron chi connectivity index (χ4n) is 2.86. The summed E-state index contributed by atoms with van der Waals surface area (Å²) in [6.07, 6.45) is 0. The summed E-state index contributed by atoms with van der Waals surface area (Å²) in [6, 6.07) is 7.44. The number of imide groups is 1. The first-order valence-corrected chi connectivity index (χ1v) is 7.94. The van der Waals surface area contributed by atoms with Crippen LogP contribution in [-0.2, 0) is 0 Å². The first-order valence-electron chi connectivity index (χ1n) is 7.14. The van der Waals surface area contributed by atoms with Crippen LogP contribution < -0.4 is 5.46 Å². The molecule has 0 radical (unpaired) electrons. The van der Waals surface area contributed by atoms with Crippen LogP contribution in [-0.4, -0.2) is 56.6 Å². The lowest BCUT2D eigenvalue weighted by molar-refractivity contribution is 0.0601. The molecule has 0 atom stereocenters. The van der Waals surface area contributed by atoms with Crippen molar-refractivity contribution < 1.29 is 9.59 Å². The highest BCUT2D eigenvalue weighted by Gasteiger charge is 2.33. The second-order valence-corrected chi connectivity index (χ2v) is 6.69. The number of benzene rings is 2. The molecule has 0 spiro atoms. The third kappa shape index (κ3) is 2.27. The maximum absolute atomic E-state index is 12.7. The SMILES string of the molecule is Bc1ccc2c3c(ccc(Br)c13)C(=O)N(CCN(C)C)C2=O. The summed E-state index contributed by atoms with van der Waals surface area (Å²) < 4.78 is 0.910. The minimum atomic E-state index is -0.206. The van der Waals surface area contributed by atoms with Crippen LogP contribution in [0.15, 0.2) is 28.7 Å². The number of likely N-dealkylation sites (N-methyl/N-ethyl adjacent to an activating group) is 1. The van der Waals surface area contributed by atoms with Gasteiger partial charge in [0.25, 0.3) is 11.8 Å². The average Bonchev–Trinajstić information content (AvgIpc) is 2.46. The molecule has 2 amide bonds. The lowest BCUT2D eigenvalue weighted by Gasteiger charge is -2.28. The van der Waals surface area contributed by atoms with Crippen molar-refractivity contribution in [2.45, 2.75) is 0 Å². The van der Waals surface area contributed by atoms with Crippen LogP contribution in [0.25, 0.3) is 10.8 Å². The van der Waals surface area contributed by atoms with E-state index < -0.39 is 0 Å². The first kappa shape index (κ1) is 15.2. The van der Waals surface area contributed by atoms with Gasteiger partial charge in [-0.25, -0.2) is 0 Å². The van der Waals surface area contributed by atoms with E-state index in [4.69, 9.17) is 0 Å². The van der Waals surface area contributed by atoms with Crippen molar-refractivity contribution >= 4 is 51.8 Å². The summed E-state index contributed by atoms with van der Waals surface area (Å²) in [7, 11) is 5.84. The Balaban J connectivity index is 2.20. The molecule has 1 aliphatic rings. The van der Waals surface area contributed by atoms with Gasteiger partial charge in [-0.05, 0) is 37.7 Å². The van der Waals surface area contributed by atoms with Crippen molar-refractivity contribution in [1.82, 2.24) is 9.80 Å². The van der Waals surface area contributed by atoms with Crippen molar-refractivity contribution in [3.63, 3.8) is 0 Å². The van der Waals surface area contributed by atoms with E-state index in [1.165, 1.54) is 4.90 Å². The Bertz CT molecular complexity index is 748. The van der Waals surface area contributed by atoms with Crippen molar-refractivity contribution in [2.24, 2.45) is 0 Å². The molecule has 0 unspecified atom stereocenters. The van der Waals surface area contributed by atoms with Crippen LogP contribution in [0.4, 0.5) is 0 Å². The number of carbonyl (C=O) groups is 2. The van der Waals surface area contributed by atoms with Crippen molar-refractivity contribution in [3.8, 4) is 0 Å². The molecule has 0 N–H and O–H groups in total. The zero-order valence-corrected chi connectivity index (χ0v) is 14.4. The first-order chi connectivity index (χ1) is 10.4. The van der Waals surface area contributed by atoms with Crippen LogP contribution in [0, 0.1) is 0 Å². The van der Waals surface area contributed by atoms with Gasteiger partial charge in [-0.3, -0.25) is 14.5 Å². The number of carbonyl (C=O) groups excluding carboxylic acids is 2. The molecule has 6 heteroatoms. The quantitative estimate of drug-likeness (QED) is 0.607. The monoisotopic (exact) mass is 358 g/mol. The van der Waals surface area contributed by atoms with Crippen molar-refractivity contribution in [2.75, 3.05) is 27.2 Å². The third-order valence-corrected chi connectivity index (χ3v) is 4.70. The number of rotatable bonds is 3. The number of hydrogen-bond donors (Lipinski definition) is 0. The van der Waals surface area contributed by atoms with Crippen LogP contribution in [0.5, 0.6) is 0 Å². The molecule has 0 bridgehead atoms. The summed E-state index contributed by atoms with van der Waals surface area (Å²) >= 11 is 3.53. The van der Waals surface area contributed by atoms with E-state index in [9.17, 15) is 9.59 Å². The molecule has 2 aromatic rings. The van der Waals surface area contributed by atoms with Crippen molar-refractivity contribution in [3.05, 3.63) is 39.9 Å². The summed E-state index contributed by atoms with van der Waals surface area (Å²) in [4.78, 5) is 28.7. The Kier molecular flexibility index (Phi) is 3.83. The molecule has 2 aromatic carbocycles. The van der Waals surface area contributed by atoms with Gasteiger partial charge in [0.1, 0.15) is 7.85 Å². The van der Waals surface area contributed by atoms with Gasteiger partial charge < -0.3 is 4.90 Å². The van der Waals surface area contributed by atoms with E-state index in [1.807, 2.05) is 45.0 Å². The molecule has 0 aromatic heterocycles. The smallest absolute Gasteiger partial charge is 0.261 e. The van der Waals surface area contributed by atoms with E-state index >= 15 is 0 Å². The second-order valence-electron chi connectivity index (χ2n) is 5.84. The zero-order chi connectivity index (χ0) is 16.0. The molecule has 22 heavy (non-hydrogen) atoms. The largest absolute Gasteiger partial charge is 0.308 e. The molecule has 0 saturated carbocycles. The lowest BCUT2D eigenvalue weighted by atomic mass is 9.84. The predicted octanol–water partition coefficient (Wildman–Crippen LogP) is 1.02. The molecule has 3 rings (SSSR count). The van der Waals surface area contributed by atoms with Crippen LogP contribution in [0.2, 0.25) is 0 Å². The topological polar surface area (TPSA) is 40.6 Å². The van der Waals surface area contributed by atoms with E-state index in [2.05, 4.69) is 15.9 Å². The summed E-state index contributed by atoms with van der Waals surface area (Å²) in [5, 5.41) is 1.72. The van der Waals surface area contributed by atoms with Gasteiger partial charge in [-0.2, -0.15) is 0 Å². The molecule has 1 aliphatic heterocycles. The van der Waals surface area contributed by atoms with Gasteiger partial charge in [0.05, 0.1) is 0 Å². The van der Waals surface area contributed by atoms with Gasteiger partial charge in [0, 0.05) is 34.1 Å². The maximum atomic E-state index is 12.7. The van der Waals surface area contributed by atoms with Crippen molar-refractivity contribution in [1.29, 1.82) is 0 Å². The van der Waals surface area contributed by atoms with Gasteiger partial charge in [-0.15, -0.1) is 0 Å². The van der Waals surface area contributed by atoms with E-state index in [-0.39, 0.29) is 11.8 Å².